The maximum absolute atomic E-state index is 12.5. The van der Waals surface area contributed by atoms with Gasteiger partial charge in [0.15, 0.2) is 0 Å². The van der Waals surface area contributed by atoms with Crippen molar-refractivity contribution in [1.29, 1.82) is 0 Å². The number of pyridine rings is 1. The number of hydrogen-bond acceptors (Lipinski definition) is 2. The molecule has 0 aliphatic rings. The second-order valence-corrected chi connectivity index (χ2v) is 6.55. The molecule has 0 radical (unpaired) electrons. The Bertz CT molecular complexity index is 988. The van der Waals surface area contributed by atoms with Crippen LogP contribution in [-0.2, 0) is 6.54 Å². The van der Waals surface area contributed by atoms with Gasteiger partial charge in [0, 0.05) is 6.20 Å². The van der Waals surface area contributed by atoms with Crippen LogP contribution in [0, 0.1) is 0 Å². The highest BCUT2D eigenvalue weighted by Crippen LogP contribution is 2.30. The molecule has 3 rings (SSSR count). The number of nitrogens with zero attached hydrogens (tertiary/aromatic N) is 1. The lowest BCUT2D eigenvalue weighted by Gasteiger charge is -2.19. The van der Waals surface area contributed by atoms with E-state index in [0.29, 0.717) is 6.54 Å². The first-order valence-electron chi connectivity index (χ1n) is 8.59. The fraction of sp³-hybridized carbons (Fsp3) is 0.182. The van der Waals surface area contributed by atoms with Crippen molar-refractivity contribution in [3.05, 3.63) is 93.9 Å². The zero-order valence-corrected chi connectivity index (χ0v) is 14.8. The lowest BCUT2D eigenvalue weighted by atomic mass is 9.90. The molecule has 1 heterocycles. The standard InChI is InChI=1S/C22H21NO3/c1-15(2)17-10-6-11-18(16-8-4-3-5-9-16)20(17)14-23-13-7-12-19(21(23)24)22(25)26/h3-13,15H,14H2,1-2H3,(H,25,26). The molecule has 4 nitrogen and oxygen atoms in total. The monoisotopic (exact) mass is 347 g/mol. The molecule has 0 spiro atoms. The second-order valence-electron chi connectivity index (χ2n) is 6.55. The van der Waals surface area contributed by atoms with Crippen molar-refractivity contribution in [2.24, 2.45) is 0 Å². The molecular weight excluding hydrogens is 326 g/mol. The molecule has 0 fully saturated rings. The van der Waals surface area contributed by atoms with Crippen molar-refractivity contribution in [1.82, 2.24) is 4.57 Å². The van der Waals surface area contributed by atoms with Crippen LogP contribution in [0.25, 0.3) is 11.1 Å². The molecule has 0 aliphatic heterocycles. The fourth-order valence-electron chi connectivity index (χ4n) is 3.20. The average molecular weight is 347 g/mol. The van der Waals surface area contributed by atoms with E-state index in [0.717, 1.165) is 22.3 Å². The van der Waals surface area contributed by atoms with E-state index in [-0.39, 0.29) is 11.5 Å². The topological polar surface area (TPSA) is 59.3 Å². The quantitative estimate of drug-likeness (QED) is 0.745. The van der Waals surface area contributed by atoms with Crippen LogP contribution in [0.1, 0.15) is 41.3 Å². The van der Waals surface area contributed by atoms with E-state index in [1.165, 1.54) is 10.6 Å². The van der Waals surface area contributed by atoms with E-state index < -0.39 is 11.5 Å². The van der Waals surface area contributed by atoms with Crippen LogP contribution in [0.2, 0.25) is 0 Å². The Morgan fingerprint density at radius 2 is 1.73 bits per heavy atom. The van der Waals surface area contributed by atoms with E-state index in [2.05, 4.69) is 19.9 Å². The third-order valence-electron chi connectivity index (χ3n) is 4.50. The van der Waals surface area contributed by atoms with E-state index in [1.54, 1.807) is 12.3 Å². The van der Waals surface area contributed by atoms with Crippen molar-refractivity contribution in [3.63, 3.8) is 0 Å². The first-order valence-corrected chi connectivity index (χ1v) is 8.59. The van der Waals surface area contributed by atoms with Gasteiger partial charge in [0.05, 0.1) is 6.54 Å². The summed E-state index contributed by atoms with van der Waals surface area (Å²) in [5.41, 5.74) is 3.63. The third kappa shape index (κ3) is 3.45. The van der Waals surface area contributed by atoms with Gasteiger partial charge in [-0.25, -0.2) is 4.79 Å². The predicted molar refractivity (Wildman–Crippen MR) is 103 cm³/mol. The molecule has 3 aromatic rings. The summed E-state index contributed by atoms with van der Waals surface area (Å²) in [6, 6.07) is 19.1. The van der Waals surface area contributed by atoms with Gasteiger partial charge < -0.3 is 9.67 Å². The molecule has 0 atom stereocenters. The van der Waals surface area contributed by atoms with Crippen LogP contribution in [0.4, 0.5) is 0 Å². The second kappa shape index (κ2) is 7.40. The number of carboxylic acids is 1. The minimum Gasteiger partial charge on any atom is -0.477 e. The van der Waals surface area contributed by atoms with E-state index in [4.69, 9.17) is 0 Å². The molecule has 0 aliphatic carbocycles. The summed E-state index contributed by atoms with van der Waals surface area (Å²) >= 11 is 0. The summed E-state index contributed by atoms with van der Waals surface area (Å²) in [4.78, 5) is 23.8. The van der Waals surface area contributed by atoms with Gasteiger partial charge in [-0.05, 0) is 40.3 Å². The Hall–Kier alpha value is -3.14. The van der Waals surface area contributed by atoms with E-state index in [1.807, 2.05) is 42.5 Å². The number of carboxylic acid groups (broad SMARTS) is 1. The molecule has 132 valence electrons. The Kier molecular flexibility index (Phi) is 5.03. The van der Waals surface area contributed by atoms with Crippen molar-refractivity contribution < 1.29 is 9.90 Å². The number of aromatic nitrogens is 1. The SMILES string of the molecule is CC(C)c1cccc(-c2ccccc2)c1Cn1cccc(C(=O)O)c1=O. The minimum atomic E-state index is -1.20. The number of carbonyl (C=O) groups is 1. The lowest BCUT2D eigenvalue weighted by molar-refractivity contribution is 0.0694. The normalized spacial score (nSPS) is 10.9. The lowest BCUT2D eigenvalue weighted by Crippen LogP contribution is -2.26. The average Bonchev–Trinajstić information content (AvgIpc) is 2.63. The summed E-state index contributed by atoms with van der Waals surface area (Å²) in [7, 11) is 0. The first-order chi connectivity index (χ1) is 12.5. The molecule has 2 aromatic carbocycles. The van der Waals surface area contributed by atoms with E-state index in [9.17, 15) is 14.7 Å². The Morgan fingerprint density at radius 1 is 1.00 bits per heavy atom. The first kappa shape index (κ1) is 17.7. The van der Waals surface area contributed by atoms with Crippen molar-refractivity contribution >= 4 is 5.97 Å². The molecule has 0 amide bonds. The highest BCUT2D eigenvalue weighted by atomic mass is 16.4. The van der Waals surface area contributed by atoms with Crippen LogP contribution in [0.15, 0.2) is 71.7 Å². The largest absolute Gasteiger partial charge is 0.477 e. The Morgan fingerprint density at radius 3 is 2.38 bits per heavy atom. The minimum absolute atomic E-state index is 0.212. The molecule has 0 saturated carbocycles. The Balaban J connectivity index is 2.17. The van der Waals surface area contributed by atoms with Crippen LogP contribution < -0.4 is 5.56 Å². The van der Waals surface area contributed by atoms with Gasteiger partial charge in [-0.2, -0.15) is 0 Å². The fourth-order valence-corrected chi connectivity index (χ4v) is 3.20. The van der Waals surface area contributed by atoms with Crippen LogP contribution >= 0.6 is 0 Å². The number of benzene rings is 2. The summed E-state index contributed by atoms with van der Waals surface area (Å²) in [5.74, 6) is -0.920. The summed E-state index contributed by atoms with van der Waals surface area (Å²) in [6.07, 6.45) is 1.64. The number of hydrogen-bond donors (Lipinski definition) is 1. The zero-order chi connectivity index (χ0) is 18.7. The molecule has 0 unspecified atom stereocenters. The van der Waals surface area contributed by atoms with Gasteiger partial charge in [0.2, 0.25) is 0 Å². The van der Waals surface area contributed by atoms with Crippen LogP contribution in [-0.4, -0.2) is 15.6 Å². The summed E-state index contributed by atoms with van der Waals surface area (Å²) < 4.78 is 1.47. The third-order valence-corrected chi connectivity index (χ3v) is 4.50. The molecule has 1 aromatic heterocycles. The van der Waals surface area contributed by atoms with Crippen LogP contribution in [0.3, 0.4) is 0 Å². The van der Waals surface area contributed by atoms with Gasteiger partial charge in [0.25, 0.3) is 5.56 Å². The van der Waals surface area contributed by atoms with Crippen molar-refractivity contribution in [2.45, 2.75) is 26.3 Å². The predicted octanol–water partition coefficient (Wildman–Crippen LogP) is 4.39. The van der Waals surface area contributed by atoms with Gasteiger partial charge in [0.1, 0.15) is 5.56 Å². The molecule has 4 heteroatoms. The van der Waals surface area contributed by atoms with E-state index >= 15 is 0 Å². The molecule has 0 saturated heterocycles. The number of rotatable bonds is 5. The summed E-state index contributed by atoms with van der Waals surface area (Å²) in [6.45, 7) is 4.56. The maximum Gasteiger partial charge on any atom is 0.341 e. The van der Waals surface area contributed by atoms with Gasteiger partial charge >= 0.3 is 5.97 Å². The smallest absolute Gasteiger partial charge is 0.341 e. The van der Waals surface area contributed by atoms with Crippen LogP contribution in [0.5, 0.6) is 0 Å². The maximum atomic E-state index is 12.5. The Labute approximate surface area is 152 Å². The van der Waals surface area contributed by atoms with Crippen molar-refractivity contribution in [3.8, 4) is 11.1 Å². The zero-order valence-electron chi connectivity index (χ0n) is 14.8. The molecular formula is C22H21NO3. The highest BCUT2D eigenvalue weighted by molar-refractivity contribution is 5.87. The molecule has 1 N–H and O–H groups in total. The van der Waals surface area contributed by atoms with Crippen molar-refractivity contribution in [2.75, 3.05) is 0 Å². The van der Waals surface area contributed by atoms with Gasteiger partial charge in [-0.3, -0.25) is 4.79 Å². The highest BCUT2D eigenvalue weighted by Gasteiger charge is 2.16. The van der Waals surface area contributed by atoms with Gasteiger partial charge in [-0.15, -0.1) is 0 Å². The van der Waals surface area contributed by atoms with Gasteiger partial charge in [-0.1, -0.05) is 62.4 Å². The molecule has 0 bridgehead atoms. The summed E-state index contributed by atoms with van der Waals surface area (Å²) in [5, 5.41) is 9.22. The molecule has 26 heavy (non-hydrogen) atoms. The number of aromatic carboxylic acids is 1.